The van der Waals surface area contributed by atoms with Gasteiger partial charge in [-0.25, -0.2) is 9.97 Å². The Hall–Kier alpha value is -2.83. The number of hydrogen-bond acceptors (Lipinski definition) is 3. The topological polar surface area (TPSA) is 42.7 Å². The van der Waals surface area contributed by atoms with E-state index >= 15 is 0 Å². The number of pyridine rings is 1. The van der Waals surface area contributed by atoms with Crippen LogP contribution in [0, 0.1) is 0 Å². The number of benzene rings is 1. The molecule has 0 bridgehead atoms. The third-order valence-corrected chi connectivity index (χ3v) is 3.64. The van der Waals surface area contributed by atoms with Crippen molar-refractivity contribution in [3.8, 4) is 0 Å². The minimum Gasteiger partial charge on any atom is -0.356 e. The smallest absolute Gasteiger partial charge is 0.356 e. The lowest BCUT2D eigenvalue weighted by Crippen LogP contribution is -2.20. The molecule has 0 spiro atoms. The minimum absolute atomic E-state index is 0.221. The predicted octanol–water partition coefficient (Wildman–Crippen LogP) is 4.04. The fourth-order valence-corrected chi connectivity index (χ4v) is 2.48. The van der Waals surface area contributed by atoms with E-state index in [2.05, 4.69) is 15.3 Å². The molecule has 2 heterocycles. The van der Waals surface area contributed by atoms with Crippen LogP contribution < -0.4 is 5.32 Å². The Morgan fingerprint density at radius 3 is 2.38 bits per heavy atom. The minimum atomic E-state index is -4.49. The van der Waals surface area contributed by atoms with Crippen LogP contribution in [0.25, 0.3) is 0 Å². The first-order valence-corrected chi connectivity index (χ1v) is 7.27. The number of alkyl halides is 3. The fourth-order valence-electron chi connectivity index (χ4n) is 2.48. The number of aromatic nitrogens is 3. The van der Waals surface area contributed by atoms with Crippen LogP contribution in [0.2, 0.25) is 0 Å². The van der Waals surface area contributed by atoms with Crippen molar-refractivity contribution >= 4 is 5.82 Å². The van der Waals surface area contributed by atoms with E-state index in [1.54, 1.807) is 24.0 Å². The average molecular weight is 332 g/mol. The zero-order valence-corrected chi connectivity index (χ0v) is 12.8. The van der Waals surface area contributed by atoms with Crippen LogP contribution in [0.15, 0.2) is 61.1 Å². The second kappa shape index (κ2) is 6.35. The second-order valence-electron chi connectivity index (χ2n) is 5.28. The second-order valence-corrected chi connectivity index (χ2v) is 5.28. The zero-order valence-electron chi connectivity index (χ0n) is 12.8. The Morgan fingerprint density at radius 1 is 1.00 bits per heavy atom. The summed E-state index contributed by atoms with van der Waals surface area (Å²) in [4.78, 5) is 8.15. The van der Waals surface area contributed by atoms with Gasteiger partial charge in [-0.05, 0) is 17.7 Å². The molecule has 0 aliphatic rings. The number of nitrogens with one attached hydrogen (secondary N) is 1. The highest BCUT2D eigenvalue weighted by Gasteiger charge is 2.35. The van der Waals surface area contributed by atoms with Crippen molar-refractivity contribution in [2.45, 2.75) is 12.2 Å². The van der Waals surface area contributed by atoms with Gasteiger partial charge in [0.05, 0.1) is 5.56 Å². The van der Waals surface area contributed by atoms with Crippen molar-refractivity contribution in [3.05, 3.63) is 78.0 Å². The van der Waals surface area contributed by atoms with Crippen molar-refractivity contribution < 1.29 is 13.2 Å². The first kappa shape index (κ1) is 16.0. The summed E-state index contributed by atoms with van der Waals surface area (Å²) in [5.41, 5.74) is -0.00859. The van der Waals surface area contributed by atoms with E-state index in [0.29, 0.717) is 5.82 Å². The van der Waals surface area contributed by atoms with E-state index in [1.807, 2.05) is 30.3 Å². The highest BCUT2D eigenvalue weighted by atomic mass is 19.4. The normalized spacial score (nSPS) is 12.8. The number of anilines is 1. The summed E-state index contributed by atoms with van der Waals surface area (Å²) in [6.45, 7) is 0. The highest BCUT2D eigenvalue weighted by Crippen LogP contribution is 2.35. The Bertz CT molecular complexity index is 812. The summed E-state index contributed by atoms with van der Waals surface area (Å²) in [5, 5.41) is 2.90. The van der Waals surface area contributed by atoms with Gasteiger partial charge in [-0.3, -0.25) is 0 Å². The maximum Gasteiger partial charge on any atom is 0.419 e. The molecule has 1 aromatic carbocycles. The molecule has 24 heavy (non-hydrogen) atoms. The Morgan fingerprint density at radius 2 is 1.75 bits per heavy atom. The molecule has 0 radical (unpaired) electrons. The summed E-state index contributed by atoms with van der Waals surface area (Å²) in [6, 6.07) is 10.9. The van der Waals surface area contributed by atoms with Gasteiger partial charge in [-0.15, -0.1) is 0 Å². The third-order valence-electron chi connectivity index (χ3n) is 3.64. The largest absolute Gasteiger partial charge is 0.419 e. The molecule has 0 amide bonds. The quantitative estimate of drug-likeness (QED) is 0.784. The molecule has 124 valence electrons. The van der Waals surface area contributed by atoms with Gasteiger partial charge in [0.15, 0.2) is 0 Å². The van der Waals surface area contributed by atoms with Gasteiger partial charge in [0, 0.05) is 25.6 Å². The van der Waals surface area contributed by atoms with Gasteiger partial charge < -0.3 is 9.88 Å². The SMILES string of the molecule is Cn1ccnc1C(Nc1ncccc1C(F)(F)F)c1ccccc1. The van der Waals surface area contributed by atoms with E-state index in [9.17, 15) is 13.2 Å². The third kappa shape index (κ3) is 3.24. The average Bonchev–Trinajstić information content (AvgIpc) is 2.99. The van der Waals surface area contributed by atoms with Crippen LogP contribution in [0.4, 0.5) is 19.0 Å². The lowest BCUT2D eigenvalue weighted by Gasteiger charge is -2.22. The summed E-state index contributed by atoms with van der Waals surface area (Å²) in [7, 11) is 1.79. The molecule has 4 nitrogen and oxygen atoms in total. The number of imidazole rings is 1. The van der Waals surface area contributed by atoms with Gasteiger partial charge in [0.2, 0.25) is 0 Å². The van der Waals surface area contributed by atoms with E-state index in [4.69, 9.17) is 0 Å². The van der Waals surface area contributed by atoms with Crippen molar-refractivity contribution in [2.75, 3.05) is 5.32 Å². The van der Waals surface area contributed by atoms with Crippen LogP contribution in [-0.2, 0) is 13.2 Å². The Kier molecular flexibility index (Phi) is 4.24. The fraction of sp³-hybridized carbons (Fsp3) is 0.176. The highest BCUT2D eigenvalue weighted by molar-refractivity contribution is 5.49. The molecule has 0 aliphatic carbocycles. The lowest BCUT2D eigenvalue weighted by molar-refractivity contribution is -0.137. The van der Waals surface area contributed by atoms with Gasteiger partial charge >= 0.3 is 6.18 Å². The van der Waals surface area contributed by atoms with E-state index in [1.165, 1.54) is 12.3 Å². The standard InChI is InChI=1S/C17H15F3N4/c1-24-11-10-22-16(24)14(12-6-3-2-4-7-12)23-15-13(17(18,19)20)8-5-9-21-15/h2-11,14H,1H3,(H,21,23). The van der Waals surface area contributed by atoms with Gasteiger partial charge in [-0.1, -0.05) is 30.3 Å². The monoisotopic (exact) mass is 332 g/mol. The summed E-state index contributed by atoms with van der Waals surface area (Å²) in [5.74, 6) is 0.377. The van der Waals surface area contributed by atoms with Crippen molar-refractivity contribution in [1.82, 2.24) is 14.5 Å². The lowest BCUT2D eigenvalue weighted by atomic mass is 10.1. The first-order chi connectivity index (χ1) is 11.5. The van der Waals surface area contributed by atoms with Gasteiger partial charge in [0.1, 0.15) is 17.7 Å². The molecular weight excluding hydrogens is 317 g/mol. The molecule has 1 unspecified atom stereocenters. The van der Waals surface area contributed by atoms with Crippen molar-refractivity contribution in [1.29, 1.82) is 0 Å². The van der Waals surface area contributed by atoms with Crippen LogP contribution in [0.3, 0.4) is 0 Å². The van der Waals surface area contributed by atoms with E-state index in [0.717, 1.165) is 11.6 Å². The van der Waals surface area contributed by atoms with Crippen LogP contribution in [-0.4, -0.2) is 14.5 Å². The van der Waals surface area contributed by atoms with Crippen molar-refractivity contribution in [2.24, 2.45) is 7.05 Å². The predicted molar refractivity (Wildman–Crippen MR) is 84.4 cm³/mol. The molecular formula is C17H15F3N4. The van der Waals surface area contributed by atoms with E-state index < -0.39 is 17.8 Å². The van der Waals surface area contributed by atoms with Crippen LogP contribution in [0.5, 0.6) is 0 Å². The molecule has 7 heteroatoms. The van der Waals surface area contributed by atoms with Gasteiger partial charge in [0.25, 0.3) is 0 Å². The maximum absolute atomic E-state index is 13.2. The van der Waals surface area contributed by atoms with Crippen molar-refractivity contribution in [3.63, 3.8) is 0 Å². The van der Waals surface area contributed by atoms with Crippen LogP contribution >= 0.6 is 0 Å². The molecule has 1 N–H and O–H groups in total. The van der Waals surface area contributed by atoms with E-state index in [-0.39, 0.29) is 5.82 Å². The number of aryl methyl sites for hydroxylation is 1. The molecule has 3 rings (SSSR count). The Labute approximate surface area is 137 Å². The molecule has 0 aliphatic heterocycles. The molecule has 2 aromatic heterocycles. The van der Waals surface area contributed by atoms with Crippen LogP contribution in [0.1, 0.15) is 23.0 Å². The zero-order chi connectivity index (χ0) is 17.2. The molecule has 1 atom stereocenters. The summed E-state index contributed by atoms with van der Waals surface area (Å²) in [6.07, 6.45) is 0.198. The number of nitrogens with zero attached hydrogens (tertiary/aromatic N) is 3. The maximum atomic E-state index is 13.2. The van der Waals surface area contributed by atoms with Gasteiger partial charge in [-0.2, -0.15) is 13.2 Å². The summed E-state index contributed by atoms with van der Waals surface area (Å²) >= 11 is 0. The Balaban J connectivity index is 2.05. The molecule has 0 saturated heterocycles. The molecule has 0 fully saturated rings. The molecule has 3 aromatic rings. The first-order valence-electron chi connectivity index (χ1n) is 7.27. The number of rotatable bonds is 4. The number of halogens is 3. The molecule has 0 saturated carbocycles. The number of hydrogen-bond donors (Lipinski definition) is 1. The summed E-state index contributed by atoms with van der Waals surface area (Å²) < 4.78 is 41.4.